The fraction of sp³-hybridized carbons (Fsp3) is 0.423. The number of rotatable bonds is 5. The highest BCUT2D eigenvalue weighted by Gasteiger charge is 2.59. The van der Waals surface area contributed by atoms with Crippen molar-refractivity contribution in [3.05, 3.63) is 64.0 Å². The fourth-order valence-corrected chi connectivity index (χ4v) is 7.69. The Kier molecular flexibility index (Phi) is 4.60. The maximum absolute atomic E-state index is 13.5. The van der Waals surface area contributed by atoms with Gasteiger partial charge in [0.2, 0.25) is 0 Å². The van der Waals surface area contributed by atoms with E-state index in [1.807, 2.05) is 42.5 Å². The number of hydrogen-bond acceptors (Lipinski definition) is 4. The second-order valence-electron chi connectivity index (χ2n) is 10.5. The number of benzene rings is 2. The first kappa shape index (κ1) is 20.7. The van der Waals surface area contributed by atoms with Gasteiger partial charge in [-0.1, -0.05) is 48.0 Å². The molecule has 4 bridgehead atoms. The first-order valence-corrected chi connectivity index (χ1v) is 12.0. The van der Waals surface area contributed by atoms with Gasteiger partial charge in [-0.2, -0.15) is 5.10 Å². The van der Waals surface area contributed by atoms with Crippen LogP contribution in [0.15, 0.2) is 53.5 Å². The smallest absolute Gasteiger partial charge is 0.303 e. The minimum absolute atomic E-state index is 0.126. The first-order valence-electron chi connectivity index (χ1n) is 11.6. The van der Waals surface area contributed by atoms with E-state index in [9.17, 15) is 14.7 Å². The second kappa shape index (κ2) is 7.32. The molecule has 170 valence electrons. The van der Waals surface area contributed by atoms with E-state index in [1.165, 1.54) is 0 Å². The SMILES string of the molecule is O=C(O)CC12CC3CC(C1)CC(n1ncc(Nc4cccc5ccccc45)c(Cl)c1=O)(C3)C2. The van der Waals surface area contributed by atoms with Crippen molar-refractivity contribution >= 4 is 39.7 Å². The molecule has 4 aliphatic carbocycles. The summed E-state index contributed by atoms with van der Waals surface area (Å²) in [5, 5.41) is 19.8. The van der Waals surface area contributed by atoms with Crippen molar-refractivity contribution in [3.63, 3.8) is 0 Å². The van der Waals surface area contributed by atoms with E-state index in [-0.39, 0.29) is 22.4 Å². The summed E-state index contributed by atoms with van der Waals surface area (Å²) in [6.07, 6.45) is 7.29. The third-order valence-corrected chi connectivity index (χ3v) is 8.47. The van der Waals surface area contributed by atoms with Crippen LogP contribution in [-0.4, -0.2) is 20.9 Å². The molecular weight excluding hydrogens is 438 g/mol. The van der Waals surface area contributed by atoms with Gasteiger partial charge in [-0.15, -0.1) is 0 Å². The van der Waals surface area contributed by atoms with Crippen LogP contribution in [-0.2, 0) is 10.3 Å². The molecule has 1 heterocycles. The van der Waals surface area contributed by atoms with Crippen molar-refractivity contribution in [2.75, 3.05) is 5.32 Å². The number of aromatic nitrogens is 2. The summed E-state index contributed by atoms with van der Waals surface area (Å²) in [6, 6.07) is 14.0. The molecule has 0 radical (unpaired) electrons. The predicted octanol–water partition coefficient (Wildman–Crippen LogP) is 5.56. The summed E-state index contributed by atoms with van der Waals surface area (Å²) in [7, 11) is 0. The molecule has 2 aromatic carbocycles. The van der Waals surface area contributed by atoms with Crippen LogP contribution < -0.4 is 10.9 Å². The molecule has 0 saturated heterocycles. The number of halogens is 1. The molecule has 7 heteroatoms. The number of carbonyl (C=O) groups is 1. The third kappa shape index (κ3) is 3.34. The van der Waals surface area contributed by atoms with E-state index in [1.54, 1.807) is 10.9 Å². The molecule has 0 aliphatic heterocycles. The lowest BCUT2D eigenvalue weighted by Gasteiger charge is -2.61. The quantitative estimate of drug-likeness (QED) is 0.517. The molecule has 7 rings (SSSR count). The molecule has 2 atom stereocenters. The van der Waals surface area contributed by atoms with Gasteiger partial charge in [0.15, 0.2) is 0 Å². The van der Waals surface area contributed by atoms with Crippen molar-refractivity contribution < 1.29 is 9.90 Å². The summed E-state index contributed by atoms with van der Waals surface area (Å²) in [4.78, 5) is 25.1. The van der Waals surface area contributed by atoms with Gasteiger partial charge in [-0.25, -0.2) is 4.68 Å². The zero-order valence-corrected chi connectivity index (χ0v) is 19.0. The molecule has 4 fully saturated rings. The minimum atomic E-state index is -0.750. The summed E-state index contributed by atoms with van der Waals surface area (Å²) >= 11 is 6.63. The molecule has 0 amide bonds. The Balaban J connectivity index is 1.37. The van der Waals surface area contributed by atoms with Crippen LogP contribution in [0.25, 0.3) is 10.8 Å². The normalized spacial score (nSPS) is 30.0. The number of nitrogens with zero attached hydrogens (tertiary/aromatic N) is 2. The average Bonchev–Trinajstić information content (AvgIpc) is 2.75. The number of carboxylic acid groups (broad SMARTS) is 1. The van der Waals surface area contributed by atoms with Gasteiger partial charge < -0.3 is 10.4 Å². The first-order chi connectivity index (χ1) is 15.9. The predicted molar refractivity (Wildman–Crippen MR) is 128 cm³/mol. The lowest BCUT2D eigenvalue weighted by molar-refractivity contribution is -0.151. The van der Waals surface area contributed by atoms with E-state index in [0.29, 0.717) is 23.9 Å². The van der Waals surface area contributed by atoms with Crippen molar-refractivity contribution in [2.45, 2.75) is 50.5 Å². The number of aliphatic carboxylic acids is 1. The number of anilines is 2. The lowest BCUT2D eigenvalue weighted by Crippen LogP contribution is -2.59. The summed E-state index contributed by atoms with van der Waals surface area (Å²) < 4.78 is 1.59. The average molecular weight is 464 g/mol. The molecule has 4 saturated carbocycles. The Hall–Kier alpha value is -2.86. The Morgan fingerprint density at radius 1 is 1.09 bits per heavy atom. The lowest BCUT2D eigenvalue weighted by atomic mass is 9.46. The van der Waals surface area contributed by atoms with Crippen LogP contribution in [0.3, 0.4) is 0 Å². The highest BCUT2D eigenvalue weighted by atomic mass is 35.5. The van der Waals surface area contributed by atoms with Gasteiger partial charge in [0.05, 0.1) is 23.8 Å². The van der Waals surface area contributed by atoms with E-state index < -0.39 is 11.5 Å². The maximum atomic E-state index is 13.5. The van der Waals surface area contributed by atoms with E-state index in [0.717, 1.165) is 48.6 Å². The minimum Gasteiger partial charge on any atom is -0.481 e. The van der Waals surface area contributed by atoms with Crippen LogP contribution in [0.4, 0.5) is 11.4 Å². The van der Waals surface area contributed by atoms with Gasteiger partial charge in [-0.3, -0.25) is 9.59 Å². The van der Waals surface area contributed by atoms with Gasteiger partial charge in [-0.05, 0) is 67.2 Å². The van der Waals surface area contributed by atoms with Crippen molar-refractivity contribution in [2.24, 2.45) is 17.3 Å². The van der Waals surface area contributed by atoms with Crippen molar-refractivity contribution in [3.8, 4) is 0 Å². The van der Waals surface area contributed by atoms with Crippen LogP contribution in [0.2, 0.25) is 5.02 Å². The van der Waals surface area contributed by atoms with Crippen LogP contribution >= 0.6 is 11.6 Å². The highest BCUT2D eigenvalue weighted by molar-refractivity contribution is 6.33. The standard InChI is InChI=1S/C26H26ClN3O3/c27-23-21(29-20-7-3-5-18-4-1-2-6-19(18)20)14-28-30(24(23)33)26-11-16-8-17(12-26)10-25(9-16,15-26)13-22(31)32/h1-7,14,16-17,29H,8-13,15H2,(H,31,32). The Labute approximate surface area is 196 Å². The van der Waals surface area contributed by atoms with E-state index >= 15 is 0 Å². The number of hydrogen-bond donors (Lipinski definition) is 2. The van der Waals surface area contributed by atoms with Crippen LogP contribution in [0.5, 0.6) is 0 Å². The van der Waals surface area contributed by atoms with Gasteiger partial charge in [0.25, 0.3) is 5.56 Å². The fourth-order valence-electron chi connectivity index (χ4n) is 7.51. The van der Waals surface area contributed by atoms with Gasteiger partial charge in [0, 0.05) is 11.1 Å². The van der Waals surface area contributed by atoms with Gasteiger partial charge >= 0.3 is 5.97 Å². The summed E-state index contributed by atoms with van der Waals surface area (Å²) in [5.41, 5.74) is 0.388. The summed E-state index contributed by atoms with van der Waals surface area (Å²) in [6.45, 7) is 0. The molecule has 0 spiro atoms. The molecule has 1 aromatic heterocycles. The van der Waals surface area contributed by atoms with Crippen molar-refractivity contribution in [1.29, 1.82) is 0 Å². The van der Waals surface area contributed by atoms with Gasteiger partial charge in [0.1, 0.15) is 5.02 Å². The van der Waals surface area contributed by atoms with Crippen LogP contribution in [0.1, 0.15) is 44.9 Å². The maximum Gasteiger partial charge on any atom is 0.303 e. The molecule has 2 N–H and O–H groups in total. The van der Waals surface area contributed by atoms with E-state index in [4.69, 9.17) is 11.6 Å². The number of nitrogens with one attached hydrogen (secondary N) is 1. The Morgan fingerprint density at radius 3 is 2.58 bits per heavy atom. The zero-order chi connectivity index (χ0) is 22.8. The number of carboxylic acids is 1. The second-order valence-corrected chi connectivity index (χ2v) is 10.9. The Bertz CT molecular complexity index is 1310. The molecule has 4 aliphatic rings. The number of fused-ring (bicyclic) bond motifs is 1. The largest absolute Gasteiger partial charge is 0.481 e. The molecular formula is C26H26ClN3O3. The third-order valence-electron chi connectivity index (χ3n) is 8.10. The summed E-state index contributed by atoms with van der Waals surface area (Å²) in [5.74, 6) is 0.151. The topological polar surface area (TPSA) is 84.2 Å². The molecule has 33 heavy (non-hydrogen) atoms. The van der Waals surface area contributed by atoms with E-state index in [2.05, 4.69) is 10.4 Å². The van der Waals surface area contributed by atoms with Crippen molar-refractivity contribution in [1.82, 2.24) is 9.78 Å². The monoisotopic (exact) mass is 463 g/mol. The Morgan fingerprint density at radius 2 is 1.82 bits per heavy atom. The zero-order valence-electron chi connectivity index (χ0n) is 18.3. The molecule has 3 aromatic rings. The molecule has 6 nitrogen and oxygen atoms in total. The van der Waals surface area contributed by atoms with Crippen LogP contribution in [0, 0.1) is 17.3 Å². The molecule has 2 unspecified atom stereocenters. The highest BCUT2D eigenvalue weighted by Crippen LogP contribution is 2.65.